The monoisotopic (exact) mass is 351 g/mol. The van der Waals surface area contributed by atoms with Gasteiger partial charge in [0.2, 0.25) is 0 Å². The lowest BCUT2D eigenvalue weighted by molar-refractivity contribution is 0.0785. The highest BCUT2D eigenvalue weighted by Gasteiger charge is 2.13. The van der Waals surface area contributed by atoms with E-state index < -0.39 is 0 Å². The minimum absolute atomic E-state index is 0.0353. The van der Waals surface area contributed by atoms with Crippen LogP contribution < -0.4 is 0 Å². The van der Waals surface area contributed by atoms with Crippen LogP contribution in [0.25, 0.3) is 0 Å². The molecule has 0 heterocycles. The Bertz CT molecular complexity index is 642. The van der Waals surface area contributed by atoms with Gasteiger partial charge in [0.25, 0.3) is 5.91 Å². The second-order valence-corrected chi connectivity index (χ2v) is 6.08. The van der Waals surface area contributed by atoms with E-state index in [1.165, 1.54) is 0 Å². The number of aryl methyl sites for hydroxylation is 1. The Balaban J connectivity index is 2.14. The third kappa shape index (κ3) is 3.62. The normalized spacial score (nSPS) is 10.4. The number of nitrogens with zero attached hydrogens (tertiary/aromatic N) is 1. The molecule has 2 aromatic carbocycles. The van der Waals surface area contributed by atoms with Gasteiger partial charge in [0, 0.05) is 28.7 Å². The molecule has 2 rings (SSSR count). The number of rotatable bonds is 3. The van der Waals surface area contributed by atoms with Crippen molar-refractivity contribution < 1.29 is 4.79 Å². The van der Waals surface area contributed by atoms with Crippen LogP contribution in [0.2, 0.25) is 5.02 Å². The largest absolute Gasteiger partial charge is 0.337 e. The highest BCUT2D eigenvalue weighted by Crippen LogP contribution is 2.19. The molecule has 0 radical (unpaired) electrons. The average molecular weight is 353 g/mol. The second kappa shape index (κ2) is 6.42. The number of carbonyl (C=O) groups is 1. The lowest BCUT2D eigenvalue weighted by atomic mass is 10.1. The Labute approximate surface area is 132 Å². The predicted octanol–water partition coefficient (Wildman–Crippen LogP) is 4.68. The Morgan fingerprint density at radius 1 is 1.25 bits per heavy atom. The third-order valence-electron chi connectivity index (χ3n) is 3.07. The van der Waals surface area contributed by atoms with Gasteiger partial charge in [-0.25, -0.2) is 0 Å². The minimum atomic E-state index is -0.0353. The van der Waals surface area contributed by atoms with Crippen molar-refractivity contribution in [3.63, 3.8) is 0 Å². The molecule has 104 valence electrons. The van der Waals surface area contributed by atoms with Crippen LogP contribution in [0.4, 0.5) is 0 Å². The maximum Gasteiger partial charge on any atom is 0.253 e. The van der Waals surface area contributed by atoms with E-state index in [9.17, 15) is 4.79 Å². The summed E-state index contributed by atoms with van der Waals surface area (Å²) in [5.74, 6) is -0.0353. The SMILES string of the molecule is Cc1ccc(C(=O)N(C)Cc2cccc(Br)c2)cc1Cl. The summed E-state index contributed by atoms with van der Waals surface area (Å²) in [6.07, 6.45) is 0. The van der Waals surface area contributed by atoms with Crippen molar-refractivity contribution in [3.8, 4) is 0 Å². The molecule has 4 heteroatoms. The van der Waals surface area contributed by atoms with Gasteiger partial charge in [-0.15, -0.1) is 0 Å². The second-order valence-electron chi connectivity index (χ2n) is 4.76. The van der Waals surface area contributed by atoms with Crippen LogP contribution in [0, 0.1) is 6.92 Å². The fraction of sp³-hybridized carbons (Fsp3) is 0.188. The van der Waals surface area contributed by atoms with Crippen molar-refractivity contribution in [1.82, 2.24) is 4.90 Å². The Kier molecular flexibility index (Phi) is 4.84. The lowest BCUT2D eigenvalue weighted by Crippen LogP contribution is -2.26. The van der Waals surface area contributed by atoms with Crippen molar-refractivity contribution in [2.75, 3.05) is 7.05 Å². The summed E-state index contributed by atoms with van der Waals surface area (Å²) in [6, 6.07) is 13.3. The van der Waals surface area contributed by atoms with E-state index in [-0.39, 0.29) is 5.91 Å². The zero-order chi connectivity index (χ0) is 14.7. The van der Waals surface area contributed by atoms with Crippen LogP contribution in [-0.2, 0) is 6.54 Å². The molecule has 0 bridgehead atoms. The Morgan fingerprint density at radius 3 is 2.65 bits per heavy atom. The first-order chi connectivity index (χ1) is 9.47. The molecule has 1 amide bonds. The molecule has 0 aromatic heterocycles. The van der Waals surface area contributed by atoms with Crippen LogP contribution in [-0.4, -0.2) is 17.9 Å². The minimum Gasteiger partial charge on any atom is -0.337 e. The maximum absolute atomic E-state index is 12.4. The van der Waals surface area contributed by atoms with E-state index in [1.807, 2.05) is 37.3 Å². The van der Waals surface area contributed by atoms with E-state index in [2.05, 4.69) is 15.9 Å². The molecular weight excluding hydrogens is 338 g/mol. The molecule has 0 aliphatic carbocycles. The molecule has 0 spiro atoms. The lowest BCUT2D eigenvalue weighted by Gasteiger charge is -2.18. The molecule has 0 N–H and O–H groups in total. The van der Waals surface area contributed by atoms with Gasteiger partial charge in [-0.2, -0.15) is 0 Å². The zero-order valence-electron chi connectivity index (χ0n) is 11.4. The number of hydrogen-bond donors (Lipinski definition) is 0. The van der Waals surface area contributed by atoms with E-state index in [0.717, 1.165) is 15.6 Å². The van der Waals surface area contributed by atoms with Gasteiger partial charge in [-0.3, -0.25) is 4.79 Å². The van der Waals surface area contributed by atoms with Crippen molar-refractivity contribution in [1.29, 1.82) is 0 Å². The first-order valence-corrected chi connectivity index (χ1v) is 7.40. The van der Waals surface area contributed by atoms with Crippen molar-refractivity contribution >= 4 is 33.4 Å². The smallest absolute Gasteiger partial charge is 0.253 e. The Morgan fingerprint density at radius 2 is 2.00 bits per heavy atom. The van der Waals surface area contributed by atoms with Gasteiger partial charge < -0.3 is 4.90 Å². The summed E-state index contributed by atoms with van der Waals surface area (Å²) in [5.41, 5.74) is 2.66. The molecular formula is C16H15BrClNO. The molecule has 0 saturated carbocycles. The number of hydrogen-bond acceptors (Lipinski definition) is 1. The van der Waals surface area contributed by atoms with Crippen LogP contribution in [0.5, 0.6) is 0 Å². The molecule has 0 unspecified atom stereocenters. The highest BCUT2D eigenvalue weighted by molar-refractivity contribution is 9.10. The maximum atomic E-state index is 12.4. The highest BCUT2D eigenvalue weighted by atomic mass is 79.9. The Hall–Kier alpha value is -1.32. The molecule has 0 aliphatic rings. The van der Waals surface area contributed by atoms with Gasteiger partial charge in [0.05, 0.1) is 0 Å². The zero-order valence-corrected chi connectivity index (χ0v) is 13.7. The van der Waals surface area contributed by atoms with Gasteiger partial charge in [0.1, 0.15) is 0 Å². The molecule has 20 heavy (non-hydrogen) atoms. The molecule has 2 nitrogen and oxygen atoms in total. The summed E-state index contributed by atoms with van der Waals surface area (Å²) in [5, 5.41) is 0.617. The van der Waals surface area contributed by atoms with Crippen LogP contribution in [0.15, 0.2) is 46.9 Å². The summed E-state index contributed by atoms with van der Waals surface area (Å²) >= 11 is 9.50. The number of amides is 1. The summed E-state index contributed by atoms with van der Waals surface area (Å²) in [4.78, 5) is 14.0. The van der Waals surface area contributed by atoms with E-state index in [4.69, 9.17) is 11.6 Å². The van der Waals surface area contributed by atoms with Gasteiger partial charge >= 0.3 is 0 Å². The molecule has 0 fully saturated rings. The fourth-order valence-electron chi connectivity index (χ4n) is 1.93. The average Bonchev–Trinajstić information content (AvgIpc) is 2.41. The number of carbonyl (C=O) groups excluding carboxylic acids is 1. The summed E-state index contributed by atoms with van der Waals surface area (Å²) in [6.45, 7) is 2.48. The summed E-state index contributed by atoms with van der Waals surface area (Å²) in [7, 11) is 1.79. The quantitative estimate of drug-likeness (QED) is 0.785. The van der Waals surface area contributed by atoms with E-state index in [1.54, 1.807) is 24.1 Å². The van der Waals surface area contributed by atoms with Crippen LogP contribution in [0.1, 0.15) is 21.5 Å². The van der Waals surface area contributed by atoms with Crippen molar-refractivity contribution in [2.45, 2.75) is 13.5 Å². The number of halogens is 2. The fourth-order valence-corrected chi connectivity index (χ4v) is 2.55. The standard InChI is InChI=1S/C16H15BrClNO/c1-11-6-7-13(9-15(11)18)16(20)19(2)10-12-4-3-5-14(17)8-12/h3-9H,10H2,1-2H3. The van der Waals surface area contributed by atoms with Crippen molar-refractivity contribution in [2.24, 2.45) is 0 Å². The topological polar surface area (TPSA) is 20.3 Å². The summed E-state index contributed by atoms with van der Waals surface area (Å²) < 4.78 is 1.01. The van der Waals surface area contributed by atoms with Gasteiger partial charge in [-0.05, 0) is 42.3 Å². The van der Waals surface area contributed by atoms with E-state index >= 15 is 0 Å². The molecule has 0 atom stereocenters. The molecule has 0 saturated heterocycles. The van der Waals surface area contributed by atoms with Crippen LogP contribution in [0.3, 0.4) is 0 Å². The van der Waals surface area contributed by atoms with Gasteiger partial charge in [0.15, 0.2) is 0 Å². The molecule has 2 aromatic rings. The van der Waals surface area contributed by atoms with E-state index in [0.29, 0.717) is 17.1 Å². The molecule has 0 aliphatic heterocycles. The number of benzene rings is 2. The van der Waals surface area contributed by atoms with Gasteiger partial charge in [-0.1, -0.05) is 45.7 Å². The van der Waals surface area contributed by atoms with Crippen molar-refractivity contribution in [3.05, 3.63) is 68.7 Å². The van der Waals surface area contributed by atoms with Crippen LogP contribution >= 0.6 is 27.5 Å². The first-order valence-electron chi connectivity index (χ1n) is 6.23. The third-order valence-corrected chi connectivity index (χ3v) is 3.97. The first kappa shape index (κ1) is 15.1. The predicted molar refractivity (Wildman–Crippen MR) is 86.1 cm³/mol.